The molecular weight excluding hydrogens is 359 g/mol. The number of esters is 1. The first-order chi connectivity index (χ1) is 13.5. The van der Waals surface area contributed by atoms with Gasteiger partial charge >= 0.3 is 5.97 Å². The maximum atomic E-state index is 13.9. The molecule has 1 unspecified atom stereocenters. The summed E-state index contributed by atoms with van der Waals surface area (Å²) < 4.78 is 18.7. The third-order valence-electron chi connectivity index (χ3n) is 5.14. The van der Waals surface area contributed by atoms with Gasteiger partial charge in [-0.2, -0.15) is 0 Å². The van der Waals surface area contributed by atoms with E-state index in [0.717, 1.165) is 24.9 Å². The van der Waals surface area contributed by atoms with Crippen LogP contribution in [0.3, 0.4) is 0 Å². The van der Waals surface area contributed by atoms with Crippen LogP contribution in [0.2, 0.25) is 0 Å². The van der Waals surface area contributed by atoms with Gasteiger partial charge in [-0.3, -0.25) is 9.69 Å². The van der Waals surface area contributed by atoms with Gasteiger partial charge in [0.15, 0.2) is 0 Å². The molecule has 1 heterocycles. The number of halogens is 1. The number of ether oxygens (including phenoxy) is 1. The normalized spacial score (nSPS) is 17.2. The fourth-order valence-electron chi connectivity index (χ4n) is 3.52. The Hall–Kier alpha value is -2.73. The number of carbonyl (C=O) groups is 2. The van der Waals surface area contributed by atoms with E-state index in [4.69, 9.17) is 4.74 Å². The summed E-state index contributed by atoms with van der Waals surface area (Å²) in [5.41, 5.74) is 2.53. The number of benzene rings is 2. The molecule has 0 saturated carbocycles. The molecule has 1 aliphatic heterocycles. The first-order valence-electron chi connectivity index (χ1n) is 9.43. The fraction of sp³-hybridized carbons (Fsp3) is 0.364. The number of rotatable bonds is 5. The van der Waals surface area contributed by atoms with Gasteiger partial charge in [0.25, 0.3) is 0 Å². The largest absolute Gasteiger partial charge is 0.465 e. The van der Waals surface area contributed by atoms with Crippen molar-refractivity contribution in [3.63, 3.8) is 0 Å². The molecule has 0 bridgehead atoms. The standard InChI is InChI=1S/C22H25FN2O3/c1-15-9-10-16(22(27)28-2)12-20(15)24-21(26)18-7-5-11-25(14-18)13-17-6-3-4-8-19(17)23/h3-4,6,8-10,12,18H,5,7,11,13-14H2,1-2H3,(H,24,26). The van der Waals surface area contributed by atoms with E-state index in [9.17, 15) is 14.0 Å². The third kappa shape index (κ3) is 4.75. The maximum Gasteiger partial charge on any atom is 0.337 e. The highest BCUT2D eigenvalue weighted by Crippen LogP contribution is 2.23. The van der Waals surface area contributed by atoms with Gasteiger partial charge < -0.3 is 10.1 Å². The summed E-state index contributed by atoms with van der Waals surface area (Å²) in [5, 5.41) is 2.95. The van der Waals surface area contributed by atoms with Crippen molar-refractivity contribution in [2.24, 2.45) is 5.92 Å². The Balaban J connectivity index is 1.66. The van der Waals surface area contributed by atoms with Crippen LogP contribution in [0.4, 0.5) is 10.1 Å². The molecule has 1 atom stereocenters. The van der Waals surface area contributed by atoms with Crippen molar-refractivity contribution in [3.8, 4) is 0 Å². The lowest BCUT2D eigenvalue weighted by atomic mass is 9.96. The number of nitrogens with zero attached hydrogens (tertiary/aromatic N) is 1. The van der Waals surface area contributed by atoms with E-state index in [2.05, 4.69) is 10.2 Å². The summed E-state index contributed by atoms with van der Waals surface area (Å²) in [4.78, 5) is 26.7. The lowest BCUT2D eigenvalue weighted by Crippen LogP contribution is -2.40. The van der Waals surface area contributed by atoms with Crippen LogP contribution in [0.25, 0.3) is 0 Å². The predicted molar refractivity (Wildman–Crippen MR) is 106 cm³/mol. The maximum absolute atomic E-state index is 13.9. The zero-order chi connectivity index (χ0) is 20.1. The molecular formula is C22H25FN2O3. The Morgan fingerprint density at radius 2 is 2.04 bits per heavy atom. The third-order valence-corrected chi connectivity index (χ3v) is 5.14. The van der Waals surface area contributed by atoms with Crippen molar-refractivity contribution in [3.05, 3.63) is 65.0 Å². The summed E-state index contributed by atoms with van der Waals surface area (Å²) in [6.07, 6.45) is 1.67. The minimum absolute atomic E-state index is 0.0802. The molecule has 0 aromatic heterocycles. The molecule has 0 radical (unpaired) electrons. The van der Waals surface area contributed by atoms with Crippen molar-refractivity contribution in [1.82, 2.24) is 4.90 Å². The smallest absolute Gasteiger partial charge is 0.337 e. The SMILES string of the molecule is COC(=O)c1ccc(C)c(NC(=O)C2CCCN(Cc3ccccc3F)C2)c1. The van der Waals surface area contributed by atoms with Crippen LogP contribution in [0, 0.1) is 18.7 Å². The second-order valence-corrected chi connectivity index (χ2v) is 7.18. The zero-order valence-corrected chi connectivity index (χ0v) is 16.2. The Labute approximate surface area is 164 Å². The predicted octanol–water partition coefficient (Wildman–Crippen LogP) is 3.77. The second kappa shape index (κ2) is 8.97. The van der Waals surface area contributed by atoms with Gasteiger partial charge in [-0.25, -0.2) is 9.18 Å². The van der Waals surface area contributed by atoms with Gasteiger partial charge in [0.1, 0.15) is 5.82 Å². The second-order valence-electron chi connectivity index (χ2n) is 7.18. The number of aryl methyl sites for hydroxylation is 1. The van der Waals surface area contributed by atoms with Gasteiger partial charge in [0, 0.05) is 24.3 Å². The minimum atomic E-state index is -0.441. The number of hydrogen-bond donors (Lipinski definition) is 1. The highest BCUT2D eigenvalue weighted by molar-refractivity contribution is 5.96. The Bertz CT molecular complexity index is 869. The Kier molecular flexibility index (Phi) is 6.41. The zero-order valence-electron chi connectivity index (χ0n) is 16.2. The van der Waals surface area contributed by atoms with E-state index in [0.29, 0.717) is 29.9 Å². The Morgan fingerprint density at radius 3 is 2.79 bits per heavy atom. The van der Waals surface area contributed by atoms with Crippen LogP contribution >= 0.6 is 0 Å². The quantitative estimate of drug-likeness (QED) is 0.798. The van der Waals surface area contributed by atoms with Crippen LogP contribution in [-0.2, 0) is 16.1 Å². The van der Waals surface area contributed by atoms with E-state index in [1.54, 1.807) is 30.3 Å². The average molecular weight is 384 g/mol. The first kappa shape index (κ1) is 20.0. The Morgan fingerprint density at radius 1 is 1.25 bits per heavy atom. The van der Waals surface area contributed by atoms with Crippen molar-refractivity contribution in [1.29, 1.82) is 0 Å². The molecule has 6 heteroatoms. The van der Waals surface area contributed by atoms with E-state index < -0.39 is 5.97 Å². The van der Waals surface area contributed by atoms with Crippen LogP contribution in [0.15, 0.2) is 42.5 Å². The van der Waals surface area contributed by atoms with E-state index in [1.807, 2.05) is 13.0 Å². The van der Waals surface area contributed by atoms with Crippen molar-refractivity contribution < 1.29 is 18.7 Å². The van der Waals surface area contributed by atoms with Gasteiger partial charge in [-0.1, -0.05) is 24.3 Å². The van der Waals surface area contributed by atoms with E-state index in [-0.39, 0.29) is 17.6 Å². The van der Waals surface area contributed by atoms with Crippen LogP contribution in [0.5, 0.6) is 0 Å². The molecule has 1 saturated heterocycles. The van der Waals surface area contributed by atoms with E-state index >= 15 is 0 Å². The molecule has 5 nitrogen and oxygen atoms in total. The monoisotopic (exact) mass is 384 g/mol. The molecule has 2 aromatic carbocycles. The fourth-order valence-corrected chi connectivity index (χ4v) is 3.52. The van der Waals surface area contributed by atoms with Gasteiger partial charge in [0.05, 0.1) is 18.6 Å². The number of likely N-dealkylation sites (tertiary alicyclic amines) is 1. The number of methoxy groups -OCH3 is 1. The van der Waals surface area contributed by atoms with Gasteiger partial charge in [-0.15, -0.1) is 0 Å². The number of carbonyl (C=O) groups excluding carboxylic acids is 2. The summed E-state index contributed by atoms with van der Waals surface area (Å²) in [6, 6.07) is 11.8. The van der Waals surface area contributed by atoms with Crippen molar-refractivity contribution in [2.75, 3.05) is 25.5 Å². The number of anilines is 1. The summed E-state index contributed by atoms with van der Waals surface area (Å²) in [6.45, 7) is 3.79. The molecule has 1 aliphatic rings. The topological polar surface area (TPSA) is 58.6 Å². The lowest BCUT2D eigenvalue weighted by molar-refractivity contribution is -0.121. The summed E-state index contributed by atoms with van der Waals surface area (Å²) in [5.74, 6) is -0.918. The molecule has 0 spiro atoms. The lowest BCUT2D eigenvalue weighted by Gasteiger charge is -2.32. The summed E-state index contributed by atoms with van der Waals surface area (Å²) in [7, 11) is 1.33. The first-order valence-corrected chi connectivity index (χ1v) is 9.43. The highest BCUT2D eigenvalue weighted by Gasteiger charge is 2.26. The van der Waals surface area contributed by atoms with Crippen LogP contribution in [0.1, 0.15) is 34.3 Å². The van der Waals surface area contributed by atoms with Gasteiger partial charge in [-0.05, 0) is 50.1 Å². The molecule has 1 N–H and O–H groups in total. The summed E-state index contributed by atoms with van der Waals surface area (Å²) >= 11 is 0. The van der Waals surface area contributed by atoms with E-state index in [1.165, 1.54) is 13.2 Å². The molecule has 2 aromatic rings. The molecule has 1 amide bonds. The van der Waals surface area contributed by atoms with Crippen molar-refractivity contribution >= 4 is 17.6 Å². The number of amides is 1. The number of piperidine rings is 1. The van der Waals surface area contributed by atoms with Gasteiger partial charge in [0.2, 0.25) is 5.91 Å². The molecule has 0 aliphatic carbocycles. The van der Waals surface area contributed by atoms with Crippen LogP contribution < -0.4 is 5.32 Å². The molecule has 1 fully saturated rings. The molecule has 148 valence electrons. The van der Waals surface area contributed by atoms with Crippen molar-refractivity contribution in [2.45, 2.75) is 26.3 Å². The highest BCUT2D eigenvalue weighted by atomic mass is 19.1. The number of nitrogens with one attached hydrogen (secondary N) is 1. The molecule has 28 heavy (non-hydrogen) atoms. The average Bonchev–Trinajstić information content (AvgIpc) is 2.71. The number of hydrogen-bond acceptors (Lipinski definition) is 4. The molecule has 3 rings (SSSR count). The van der Waals surface area contributed by atoms with Crippen LogP contribution in [-0.4, -0.2) is 37.0 Å². The minimum Gasteiger partial charge on any atom is -0.465 e.